The summed E-state index contributed by atoms with van der Waals surface area (Å²) in [5.74, 6) is -2.09. The van der Waals surface area contributed by atoms with E-state index in [2.05, 4.69) is 0 Å². The van der Waals surface area contributed by atoms with E-state index in [-0.39, 0.29) is 28.7 Å². The van der Waals surface area contributed by atoms with Gasteiger partial charge in [-0.1, -0.05) is 0 Å². The van der Waals surface area contributed by atoms with Gasteiger partial charge in [-0.25, -0.2) is 14.4 Å². The molecule has 0 aromatic carbocycles. The number of hydrogen-bond donors (Lipinski definition) is 2. The lowest BCUT2D eigenvalue weighted by atomic mass is 10.2. The lowest BCUT2D eigenvalue weighted by Gasteiger charge is -2.19. The third-order valence-electron chi connectivity index (χ3n) is 4.86. The summed E-state index contributed by atoms with van der Waals surface area (Å²) >= 11 is 0. The maximum Gasteiger partial charge on any atom is 0.355 e. The number of carboxylic acid groups (broad SMARTS) is 1. The molecule has 3 aromatic heterocycles. The van der Waals surface area contributed by atoms with Crippen LogP contribution in [0.4, 0.5) is 17.1 Å². The van der Waals surface area contributed by atoms with E-state index in [9.17, 15) is 34.6 Å². The van der Waals surface area contributed by atoms with Gasteiger partial charge in [0.15, 0.2) is 0 Å². The van der Waals surface area contributed by atoms with Gasteiger partial charge >= 0.3 is 17.9 Å². The van der Waals surface area contributed by atoms with Gasteiger partial charge in [-0.05, 0) is 47.6 Å². The molecular weight excluding hydrogens is 556 g/mol. The molecule has 16 heteroatoms. The molecule has 3 rings (SSSR count). The number of hydrogen-bond acceptors (Lipinski definition) is 10. The first-order valence-corrected chi connectivity index (χ1v) is 12.3. The summed E-state index contributed by atoms with van der Waals surface area (Å²) in [6, 6.07) is 3.82. The summed E-state index contributed by atoms with van der Waals surface area (Å²) in [6.07, 6.45) is 4.11. The number of carbonyl (C=O) groups excluding carboxylic acids is 2. The molecule has 0 fully saturated rings. The molecule has 0 radical (unpaired) electrons. The van der Waals surface area contributed by atoms with Crippen molar-refractivity contribution in [3.63, 3.8) is 0 Å². The van der Waals surface area contributed by atoms with Gasteiger partial charge in [0.1, 0.15) is 28.3 Å². The highest BCUT2D eigenvalue weighted by Gasteiger charge is 2.23. The molecule has 0 unspecified atom stereocenters. The number of anilines is 1. The van der Waals surface area contributed by atoms with Crippen LogP contribution in [0.25, 0.3) is 0 Å². The van der Waals surface area contributed by atoms with Crippen molar-refractivity contribution in [1.29, 1.82) is 0 Å². The number of aromatic carboxylic acids is 1. The van der Waals surface area contributed by atoms with Gasteiger partial charge in [0.25, 0.3) is 11.4 Å². The molecule has 3 aromatic rings. The molecule has 3 N–H and O–H groups in total. The van der Waals surface area contributed by atoms with Crippen molar-refractivity contribution in [3.8, 4) is 0 Å². The summed E-state index contributed by atoms with van der Waals surface area (Å²) in [5.41, 5.74) is 5.23. The largest absolute Gasteiger partial charge is 0.477 e. The molecule has 0 bridgehead atoms. The zero-order valence-electron chi connectivity index (χ0n) is 24.9. The van der Waals surface area contributed by atoms with Crippen molar-refractivity contribution in [2.75, 3.05) is 5.73 Å². The summed E-state index contributed by atoms with van der Waals surface area (Å²) in [7, 11) is 4.76. The van der Waals surface area contributed by atoms with Gasteiger partial charge in [0.05, 0.1) is 27.9 Å². The van der Waals surface area contributed by atoms with E-state index in [0.717, 1.165) is 12.3 Å². The number of nitrogens with two attached hydrogens (primary N) is 1. The van der Waals surface area contributed by atoms with Crippen molar-refractivity contribution in [3.05, 3.63) is 74.1 Å². The van der Waals surface area contributed by atoms with Crippen LogP contribution in [-0.4, -0.2) is 57.8 Å². The fraction of sp³-hybridized carbons (Fsp3) is 0.423. The van der Waals surface area contributed by atoms with Crippen LogP contribution in [-0.2, 0) is 30.6 Å². The number of nitrogens with zero attached hydrogens (tertiary/aromatic N) is 5. The van der Waals surface area contributed by atoms with Gasteiger partial charge in [0, 0.05) is 39.5 Å². The maximum atomic E-state index is 11.7. The van der Waals surface area contributed by atoms with E-state index < -0.39 is 33.0 Å². The fourth-order valence-electron chi connectivity index (χ4n) is 3.16. The Hall–Kier alpha value is -5.15. The maximum absolute atomic E-state index is 11.7. The molecule has 0 spiro atoms. The molecular formula is C26H36N6O10. The van der Waals surface area contributed by atoms with Crippen molar-refractivity contribution in [2.24, 2.45) is 21.1 Å². The summed E-state index contributed by atoms with van der Waals surface area (Å²) < 4.78 is 14.6. The van der Waals surface area contributed by atoms with E-state index in [1.807, 2.05) is 20.8 Å². The first-order valence-electron chi connectivity index (χ1n) is 12.3. The number of nitro groups is 2. The smallest absolute Gasteiger partial charge is 0.355 e. The Balaban J connectivity index is 0.000000318. The van der Waals surface area contributed by atoms with Crippen LogP contribution >= 0.6 is 0 Å². The van der Waals surface area contributed by atoms with Crippen molar-refractivity contribution >= 4 is 35.0 Å². The third kappa shape index (κ3) is 10.8. The van der Waals surface area contributed by atoms with Crippen molar-refractivity contribution in [2.45, 2.75) is 52.7 Å². The summed E-state index contributed by atoms with van der Waals surface area (Å²) in [6.45, 7) is 10.7. The number of aryl methyl sites for hydroxylation is 3. The molecule has 16 nitrogen and oxygen atoms in total. The zero-order chi connectivity index (χ0) is 32.7. The highest BCUT2D eigenvalue weighted by atomic mass is 16.6. The molecule has 0 aliphatic carbocycles. The minimum Gasteiger partial charge on any atom is -0.477 e. The molecule has 0 amide bonds. The van der Waals surface area contributed by atoms with Crippen LogP contribution in [0.2, 0.25) is 0 Å². The Morgan fingerprint density at radius 3 is 1.31 bits per heavy atom. The number of nitrogen functional groups attached to an aromatic ring is 1. The number of aromatic nitrogens is 3. The van der Waals surface area contributed by atoms with Gasteiger partial charge in [0.2, 0.25) is 0 Å². The molecule has 0 atom stereocenters. The predicted molar refractivity (Wildman–Crippen MR) is 151 cm³/mol. The molecule has 0 aliphatic heterocycles. The van der Waals surface area contributed by atoms with Crippen molar-refractivity contribution in [1.82, 2.24) is 13.7 Å². The van der Waals surface area contributed by atoms with Gasteiger partial charge in [-0.15, -0.1) is 0 Å². The van der Waals surface area contributed by atoms with E-state index in [1.54, 1.807) is 51.7 Å². The first-order chi connectivity index (χ1) is 19.0. The lowest BCUT2D eigenvalue weighted by Crippen LogP contribution is -2.25. The minimum atomic E-state index is -1.18. The molecule has 3 heterocycles. The molecule has 0 saturated carbocycles. The Kier molecular flexibility index (Phi) is 11.2. The van der Waals surface area contributed by atoms with Crippen LogP contribution in [0.15, 0.2) is 36.8 Å². The monoisotopic (exact) mass is 592 g/mol. The van der Waals surface area contributed by atoms with Crippen LogP contribution in [0.1, 0.15) is 73.0 Å². The normalized spacial score (nSPS) is 10.9. The average molecular weight is 593 g/mol. The topological polar surface area (TPSA) is 217 Å². The second-order valence-electron chi connectivity index (χ2n) is 11.0. The average Bonchev–Trinajstić information content (AvgIpc) is 3.48. The quantitative estimate of drug-likeness (QED) is 0.244. The molecule has 42 heavy (non-hydrogen) atoms. The van der Waals surface area contributed by atoms with E-state index in [1.165, 1.54) is 28.4 Å². The van der Waals surface area contributed by atoms with Gasteiger partial charge < -0.3 is 34.0 Å². The second-order valence-corrected chi connectivity index (χ2v) is 11.0. The Labute approximate surface area is 241 Å². The predicted octanol–water partition coefficient (Wildman–Crippen LogP) is 4.08. The van der Waals surface area contributed by atoms with Crippen LogP contribution in [0.5, 0.6) is 0 Å². The van der Waals surface area contributed by atoms with Crippen LogP contribution in [0.3, 0.4) is 0 Å². The SMILES string of the molecule is Cn1cc(N)cc1C(=O)OC(C)(C)C.Cn1cc([N+](=O)[O-])cc1C(=O)O.Cn1cc([N+](=O)[O-])cc1C(=O)OC(C)(C)C. The van der Waals surface area contributed by atoms with E-state index >= 15 is 0 Å². The van der Waals surface area contributed by atoms with Gasteiger partial charge in [-0.3, -0.25) is 20.2 Å². The first kappa shape index (κ1) is 34.9. The molecule has 230 valence electrons. The fourth-order valence-corrected chi connectivity index (χ4v) is 3.16. The summed E-state index contributed by atoms with van der Waals surface area (Å²) in [4.78, 5) is 53.2. The number of rotatable bonds is 5. The molecule has 0 aliphatic rings. The Bertz CT molecular complexity index is 1470. The second kappa shape index (κ2) is 13.5. The third-order valence-corrected chi connectivity index (χ3v) is 4.86. The highest BCUT2D eigenvalue weighted by molar-refractivity contribution is 5.89. The van der Waals surface area contributed by atoms with Gasteiger partial charge in [-0.2, -0.15) is 0 Å². The summed E-state index contributed by atoms with van der Waals surface area (Å²) in [5, 5.41) is 29.2. The van der Waals surface area contributed by atoms with E-state index in [0.29, 0.717) is 11.4 Å². The minimum absolute atomic E-state index is 0.0956. The van der Waals surface area contributed by atoms with Crippen LogP contribution < -0.4 is 5.73 Å². The number of carbonyl (C=O) groups is 3. The molecule has 0 saturated heterocycles. The van der Waals surface area contributed by atoms with Crippen LogP contribution in [0, 0.1) is 20.2 Å². The Morgan fingerprint density at radius 2 is 1.05 bits per heavy atom. The van der Waals surface area contributed by atoms with E-state index in [4.69, 9.17) is 20.3 Å². The Morgan fingerprint density at radius 1 is 0.714 bits per heavy atom. The zero-order valence-corrected chi connectivity index (χ0v) is 24.9. The standard InChI is InChI=1S/C10H14N2O4.C10H16N2O2.C6H6N2O4/c1-10(2,3)16-9(13)8-5-7(12(14)15)6-11(8)4;1-10(2,3)14-9(13)8-5-7(11)6-12(8)4;1-7-3-4(8(11)12)2-5(7)6(9)10/h5-6H,1-4H3;5-6H,11H2,1-4H3;2-3H,1H3,(H,9,10). The number of esters is 2. The number of ether oxygens (including phenoxy) is 2. The lowest BCUT2D eigenvalue weighted by molar-refractivity contribution is -0.385. The van der Waals surface area contributed by atoms with Crippen molar-refractivity contribution < 1.29 is 38.8 Å². The number of carboxylic acids is 1. The highest BCUT2D eigenvalue weighted by Crippen LogP contribution is 2.19.